The Hall–Kier alpha value is -2.14. The van der Waals surface area contributed by atoms with Crippen LogP contribution >= 0.6 is 11.3 Å². The first kappa shape index (κ1) is 15.7. The van der Waals surface area contributed by atoms with Crippen LogP contribution in [0, 0.1) is 6.92 Å². The monoisotopic (exact) mass is 328 g/mol. The molecule has 1 aromatic carbocycles. The normalized spacial score (nSPS) is 15.7. The number of hydrogen-bond acceptors (Lipinski definition) is 3. The van der Waals surface area contributed by atoms with Gasteiger partial charge in [-0.3, -0.25) is 9.59 Å². The first-order valence-electron chi connectivity index (χ1n) is 7.83. The molecule has 5 heteroatoms. The van der Waals surface area contributed by atoms with Gasteiger partial charge in [-0.15, -0.1) is 11.3 Å². The van der Waals surface area contributed by atoms with Gasteiger partial charge in [0.1, 0.15) is 0 Å². The lowest BCUT2D eigenvalue weighted by atomic mass is 10.1. The van der Waals surface area contributed by atoms with E-state index in [1.807, 2.05) is 54.3 Å². The third-order valence-corrected chi connectivity index (χ3v) is 5.05. The van der Waals surface area contributed by atoms with E-state index in [0.29, 0.717) is 17.8 Å². The number of thiophene rings is 1. The number of nitrogens with one attached hydrogen (secondary N) is 1. The first-order chi connectivity index (χ1) is 11.1. The second kappa shape index (κ2) is 6.96. The van der Waals surface area contributed by atoms with E-state index >= 15 is 0 Å². The summed E-state index contributed by atoms with van der Waals surface area (Å²) in [5.41, 5.74) is 1.02. The molecular weight excluding hydrogens is 308 g/mol. The molecule has 2 aromatic rings. The van der Waals surface area contributed by atoms with Crippen molar-refractivity contribution in [1.29, 1.82) is 0 Å². The lowest BCUT2D eigenvalue weighted by Crippen LogP contribution is -2.38. The minimum atomic E-state index is -0.187. The lowest BCUT2D eigenvalue weighted by molar-refractivity contribution is -0.128. The second-order valence-electron chi connectivity index (χ2n) is 5.79. The van der Waals surface area contributed by atoms with Crippen molar-refractivity contribution in [3.63, 3.8) is 0 Å². The van der Waals surface area contributed by atoms with Crippen molar-refractivity contribution in [3.8, 4) is 0 Å². The molecule has 1 aromatic heterocycles. The van der Waals surface area contributed by atoms with Crippen LogP contribution in [0.2, 0.25) is 0 Å². The van der Waals surface area contributed by atoms with E-state index in [1.54, 1.807) is 0 Å². The van der Waals surface area contributed by atoms with Gasteiger partial charge in [-0.25, -0.2) is 0 Å². The van der Waals surface area contributed by atoms with Crippen LogP contribution in [0.3, 0.4) is 0 Å². The molecule has 1 aliphatic heterocycles. The fourth-order valence-corrected chi connectivity index (χ4v) is 3.59. The predicted molar refractivity (Wildman–Crippen MR) is 91.5 cm³/mol. The number of nitrogens with zero attached hydrogens (tertiary/aromatic N) is 1. The molecule has 2 amide bonds. The molecule has 0 bridgehead atoms. The Balaban J connectivity index is 1.77. The van der Waals surface area contributed by atoms with Crippen LogP contribution in [-0.4, -0.2) is 29.8 Å². The van der Waals surface area contributed by atoms with Crippen LogP contribution in [-0.2, 0) is 4.79 Å². The topological polar surface area (TPSA) is 49.4 Å². The summed E-state index contributed by atoms with van der Waals surface area (Å²) in [6.07, 6.45) is 1.51. The van der Waals surface area contributed by atoms with E-state index in [-0.39, 0.29) is 17.9 Å². The van der Waals surface area contributed by atoms with Gasteiger partial charge in [0.05, 0.1) is 10.9 Å². The van der Waals surface area contributed by atoms with Crippen molar-refractivity contribution in [3.05, 3.63) is 57.8 Å². The number of carbonyl (C=O) groups excluding carboxylic acids is 2. The molecule has 0 unspecified atom stereocenters. The Kier molecular flexibility index (Phi) is 4.76. The van der Waals surface area contributed by atoms with Crippen molar-refractivity contribution < 1.29 is 9.59 Å². The highest BCUT2D eigenvalue weighted by Gasteiger charge is 2.25. The molecule has 0 spiro atoms. The molecule has 1 atom stereocenters. The molecule has 1 saturated heterocycles. The zero-order chi connectivity index (χ0) is 16.2. The smallest absolute Gasteiger partial charge is 0.261 e. The molecule has 1 aliphatic rings. The quantitative estimate of drug-likeness (QED) is 0.916. The fraction of sp³-hybridized carbons (Fsp3) is 0.333. The van der Waals surface area contributed by atoms with E-state index in [9.17, 15) is 9.59 Å². The standard InChI is InChI=1S/C18H20N2O2S/c1-13-9-10-16(23-13)18(22)19-15(14-6-3-2-4-7-14)12-20-11-5-8-17(20)21/h2-4,6-7,9-10,15H,5,8,11-12H2,1H3,(H,19,22)/t15-/m0/s1. The maximum absolute atomic E-state index is 12.5. The number of amides is 2. The Labute approximate surface area is 140 Å². The third kappa shape index (κ3) is 3.79. The highest BCUT2D eigenvalue weighted by Crippen LogP contribution is 2.21. The van der Waals surface area contributed by atoms with E-state index in [0.717, 1.165) is 23.4 Å². The summed E-state index contributed by atoms with van der Waals surface area (Å²) in [6.45, 7) is 3.29. The largest absolute Gasteiger partial charge is 0.343 e. The van der Waals surface area contributed by atoms with Gasteiger partial charge < -0.3 is 10.2 Å². The van der Waals surface area contributed by atoms with Gasteiger partial charge in [0.2, 0.25) is 5.91 Å². The number of rotatable bonds is 5. The van der Waals surface area contributed by atoms with Crippen LogP contribution < -0.4 is 5.32 Å². The zero-order valence-corrected chi connectivity index (χ0v) is 13.9. The second-order valence-corrected chi connectivity index (χ2v) is 7.08. The maximum atomic E-state index is 12.5. The van der Waals surface area contributed by atoms with Crippen molar-refractivity contribution in [1.82, 2.24) is 10.2 Å². The minimum absolute atomic E-state index is 0.0800. The Bertz CT molecular complexity index is 696. The van der Waals surface area contributed by atoms with Crippen LogP contribution in [0.1, 0.15) is 39.0 Å². The van der Waals surface area contributed by atoms with E-state index < -0.39 is 0 Å². The molecule has 0 aliphatic carbocycles. The third-order valence-electron chi connectivity index (χ3n) is 4.05. The summed E-state index contributed by atoms with van der Waals surface area (Å²) < 4.78 is 0. The number of likely N-dealkylation sites (tertiary alicyclic amines) is 1. The van der Waals surface area contributed by atoms with Gasteiger partial charge in [0.15, 0.2) is 0 Å². The summed E-state index contributed by atoms with van der Waals surface area (Å²) in [5.74, 6) is 0.0933. The molecule has 3 rings (SSSR count). The van der Waals surface area contributed by atoms with Gasteiger partial charge in [-0.05, 0) is 31.0 Å². The van der Waals surface area contributed by atoms with Gasteiger partial charge in [-0.1, -0.05) is 30.3 Å². The summed E-state index contributed by atoms with van der Waals surface area (Å²) >= 11 is 1.48. The van der Waals surface area contributed by atoms with Gasteiger partial charge in [-0.2, -0.15) is 0 Å². The minimum Gasteiger partial charge on any atom is -0.343 e. The Morgan fingerprint density at radius 1 is 1.26 bits per heavy atom. The average molecular weight is 328 g/mol. The number of benzene rings is 1. The van der Waals surface area contributed by atoms with E-state index in [2.05, 4.69) is 5.32 Å². The van der Waals surface area contributed by atoms with Crippen molar-refractivity contribution >= 4 is 23.2 Å². The molecule has 120 valence electrons. The highest BCUT2D eigenvalue weighted by atomic mass is 32.1. The SMILES string of the molecule is Cc1ccc(C(=O)N[C@@H](CN2CCCC2=O)c2ccccc2)s1. The Morgan fingerprint density at radius 2 is 2.04 bits per heavy atom. The highest BCUT2D eigenvalue weighted by molar-refractivity contribution is 7.13. The van der Waals surface area contributed by atoms with Crippen LogP contribution in [0.4, 0.5) is 0 Å². The van der Waals surface area contributed by atoms with Crippen molar-refractivity contribution in [2.24, 2.45) is 0 Å². The Morgan fingerprint density at radius 3 is 2.65 bits per heavy atom. The first-order valence-corrected chi connectivity index (χ1v) is 8.65. The molecule has 0 saturated carbocycles. The lowest BCUT2D eigenvalue weighted by Gasteiger charge is -2.25. The van der Waals surface area contributed by atoms with Crippen LogP contribution in [0.25, 0.3) is 0 Å². The van der Waals surface area contributed by atoms with Gasteiger partial charge in [0, 0.05) is 24.4 Å². The average Bonchev–Trinajstić information content (AvgIpc) is 3.16. The summed E-state index contributed by atoms with van der Waals surface area (Å²) in [4.78, 5) is 28.1. The number of carbonyl (C=O) groups is 2. The van der Waals surface area contributed by atoms with Gasteiger partial charge in [0.25, 0.3) is 5.91 Å². The molecule has 1 N–H and O–H groups in total. The fourth-order valence-electron chi connectivity index (χ4n) is 2.82. The molecule has 23 heavy (non-hydrogen) atoms. The maximum Gasteiger partial charge on any atom is 0.261 e. The number of hydrogen-bond donors (Lipinski definition) is 1. The molecular formula is C18H20N2O2S. The molecule has 1 fully saturated rings. The van der Waals surface area contributed by atoms with Gasteiger partial charge >= 0.3 is 0 Å². The number of aryl methyl sites for hydroxylation is 1. The van der Waals surface area contributed by atoms with Crippen molar-refractivity contribution in [2.75, 3.05) is 13.1 Å². The zero-order valence-electron chi connectivity index (χ0n) is 13.1. The summed E-state index contributed by atoms with van der Waals surface area (Å²) in [7, 11) is 0. The molecule has 0 radical (unpaired) electrons. The van der Waals surface area contributed by atoms with Crippen LogP contribution in [0.5, 0.6) is 0 Å². The van der Waals surface area contributed by atoms with E-state index in [4.69, 9.17) is 0 Å². The van der Waals surface area contributed by atoms with Crippen molar-refractivity contribution in [2.45, 2.75) is 25.8 Å². The summed E-state index contributed by atoms with van der Waals surface area (Å²) in [5, 5.41) is 3.09. The molecule has 4 nitrogen and oxygen atoms in total. The van der Waals surface area contributed by atoms with E-state index in [1.165, 1.54) is 11.3 Å². The predicted octanol–water partition coefficient (Wildman–Crippen LogP) is 3.15. The summed E-state index contributed by atoms with van der Waals surface area (Å²) in [6, 6.07) is 13.4. The molecule has 2 heterocycles. The van der Waals surface area contributed by atoms with Crippen LogP contribution in [0.15, 0.2) is 42.5 Å².